The molecule has 9 nitrogen and oxygen atoms in total. The molecule has 2 aliphatic rings. The van der Waals surface area contributed by atoms with Crippen molar-refractivity contribution in [1.82, 2.24) is 20.1 Å². The quantitative estimate of drug-likeness (QED) is 0.193. The zero-order valence-electron chi connectivity index (χ0n) is 23.3. The van der Waals surface area contributed by atoms with Gasteiger partial charge >= 0.3 is 6.97 Å². The van der Waals surface area contributed by atoms with Crippen molar-refractivity contribution in [2.24, 2.45) is 5.92 Å². The second-order valence-electron chi connectivity index (χ2n) is 10.2. The fraction of sp³-hybridized carbons (Fsp3) is 0.500. The molecule has 0 fully saturated rings. The number of carbonyl (C=O) groups excluding carboxylic acids is 1. The molecule has 4 rings (SSSR count). The SMILES string of the molecule is CC(C)CNCCOCCOCCOCCNC(=O)CCc1ccc2n1[B-](F)(F)[N+]1=C(c3ccc[nH]3)C=CC1=C2. The number of nitrogens with one attached hydrogen (secondary N) is 3. The third-order valence-electron chi connectivity index (χ3n) is 6.67. The van der Waals surface area contributed by atoms with Gasteiger partial charge in [-0.15, -0.1) is 0 Å². The van der Waals surface area contributed by atoms with E-state index in [0.29, 0.717) is 80.6 Å². The van der Waals surface area contributed by atoms with Crippen LogP contribution in [0.5, 0.6) is 0 Å². The third kappa shape index (κ3) is 7.78. The molecule has 12 heteroatoms. The molecule has 2 aromatic rings. The van der Waals surface area contributed by atoms with E-state index in [0.717, 1.165) is 22.1 Å². The van der Waals surface area contributed by atoms with Crippen molar-refractivity contribution in [2.45, 2.75) is 26.7 Å². The van der Waals surface area contributed by atoms with Gasteiger partial charge in [0.2, 0.25) is 5.91 Å². The Hall–Kier alpha value is -3.06. The van der Waals surface area contributed by atoms with Gasteiger partial charge in [-0.25, -0.2) is 0 Å². The predicted octanol–water partition coefficient (Wildman–Crippen LogP) is 2.81. The van der Waals surface area contributed by atoms with Crippen molar-refractivity contribution in [1.29, 1.82) is 0 Å². The van der Waals surface area contributed by atoms with Crippen LogP contribution in [0.25, 0.3) is 6.08 Å². The minimum Gasteiger partial charge on any atom is -0.394 e. The molecule has 0 aromatic carbocycles. The number of ether oxygens (including phenoxy) is 3. The van der Waals surface area contributed by atoms with Gasteiger partial charge in [-0.05, 0) is 48.8 Å². The van der Waals surface area contributed by atoms with E-state index in [2.05, 4.69) is 29.5 Å². The Morgan fingerprint density at radius 3 is 2.45 bits per heavy atom. The first-order valence-corrected chi connectivity index (χ1v) is 14.0. The van der Waals surface area contributed by atoms with Crippen LogP contribution in [0.15, 0.2) is 48.3 Å². The Labute approximate surface area is 234 Å². The van der Waals surface area contributed by atoms with Crippen molar-refractivity contribution in [3.05, 3.63) is 65.4 Å². The number of hydrogen-bond acceptors (Lipinski definition) is 5. The predicted molar refractivity (Wildman–Crippen MR) is 152 cm³/mol. The molecule has 40 heavy (non-hydrogen) atoms. The van der Waals surface area contributed by atoms with Crippen molar-refractivity contribution in [3.63, 3.8) is 0 Å². The van der Waals surface area contributed by atoms with Gasteiger partial charge in [0.1, 0.15) is 5.69 Å². The van der Waals surface area contributed by atoms with Crippen molar-refractivity contribution < 1.29 is 32.1 Å². The van der Waals surface area contributed by atoms with E-state index in [9.17, 15) is 4.79 Å². The number of hydrogen-bond donors (Lipinski definition) is 3. The molecule has 2 aliphatic heterocycles. The van der Waals surface area contributed by atoms with E-state index in [1.807, 2.05) is 0 Å². The number of amides is 1. The summed E-state index contributed by atoms with van der Waals surface area (Å²) in [5, 5.41) is 6.10. The number of fused-ring (bicyclic) bond motifs is 2. The topological polar surface area (TPSA) is 92.6 Å². The summed E-state index contributed by atoms with van der Waals surface area (Å²) in [6, 6.07) is 6.91. The number of halogens is 2. The van der Waals surface area contributed by atoms with Crippen LogP contribution in [0, 0.1) is 5.92 Å². The normalized spacial score (nSPS) is 15.5. The van der Waals surface area contributed by atoms with Crippen LogP contribution in [0.2, 0.25) is 0 Å². The Kier molecular flexibility index (Phi) is 10.9. The molecule has 0 saturated carbocycles. The molecule has 0 bridgehead atoms. The summed E-state index contributed by atoms with van der Waals surface area (Å²) in [5.41, 5.74) is 2.36. The second-order valence-corrected chi connectivity index (χ2v) is 10.2. The second kappa shape index (κ2) is 14.5. The lowest BCUT2D eigenvalue weighted by Gasteiger charge is -2.30. The van der Waals surface area contributed by atoms with Crippen LogP contribution in [0.4, 0.5) is 8.63 Å². The van der Waals surface area contributed by atoms with E-state index in [4.69, 9.17) is 14.2 Å². The number of nitrogens with zero attached hydrogens (tertiary/aromatic N) is 2. The highest BCUT2D eigenvalue weighted by Gasteiger charge is 2.52. The van der Waals surface area contributed by atoms with Crippen LogP contribution in [-0.4, -0.2) is 91.8 Å². The maximum absolute atomic E-state index is 15.8. The van der Waals surface area contributed by atoms with E-state index >= 15 is 8.63 Å². The Bertz CT molecular complexity index is 1210. The van der Waals surface area contributed by atoms with Gasteiger partial charge in [-0.3, -0.25) is 4.79 Å². The average Bonchev–Trinajstić information content (AvgIpc) is 3.68. The number of allylic oxidation sites excluding steroid dienone is 2. The first-order chi connectivity index (χ1) is 19.4. The first kappa shape index (κ1) is 29.9. The zero-order chi connectivity index (χ0) is 28.4. The van der Waals surface area contributed by atoms with Gasteiger partial charge in [0.25, 0.3) is 0 Å². The Morgan fingerprint density at radius 1 is 1.02 bits per heavy atom. The molecule has 0 atom stereocenters. The molecule has 4 heterocycles. The molecule has 0 spiro atoms. The van der Waals surface area contributed by atoms with Crippen LogP contribution >= 0.6 is 0 Å². The summed E-state index contributed by atoms with van der Waals surface area (Å²) in [4.78, 5) is 15.4. The van der Waals surface area contributed by atoms with Gasteiger partial charge in [-0.1, -0.05) is 13.8 Å². The third-order valence-corrected chi connectivity index (χ3v) is 6.67. The molecule has 3 N–H and O–H groups in total. The first-order valence-electron chi connectivity index (χ1n) is 14.0. The van der Waals surface area contributed by atoms with Crippen LogP contribution in [-0.2, 0) is 25.4 Å². The summed E-state index contributed by atoms with van der Waals surface area (Å²) >= 11 is 0. The number of aryl methyl sites for hydroxylation is 1. The lowest BCUT2D eigenvalue weighted by Crippen LogP contribution is -2.51. The Morgan fingerprint density at radius 2 is 1.75 bits per heavy atom. The standard InChI is InChI=1S/C28H40BF2N5O4/c1-22(2)21-32-12-14-38-16-18-40-19-17-39-15-13-34-28(37)10-8-23-5-6-24-20-25-7-9-27(26-4-3-11-33-26)36(25)29(30,31)35(23)24/h3-7,9,11,20,22,32-33H,8,10,12-19,21H2,1-2H3,(H,34,37). The molecular formula is C28H40BF2N5O4. The summed E-state index contributed by atoms with van der Waals surface area (Å²) < 4.78 is 50.2. The highest BCUT2D eigenvalue weighted by atomic mass is 19.2. The lowest BCUT2D eigenvalue weighted by molar-refractivity contribution is -0.360. The maximum atomic E-state index is 15.8. The molecule has 218 valence electrons. The van der Waals surface area contributed by atoms with E-state index in [1.165, 1.54) is 0 Å². The van der Waals surface area contributed by atoms with Gasteiger partial charge < -0.3 is 47.4 Å². The Balaban J connectivity index is 1.11. The fourth-order valence-electron chi connectivity index (χ4n) is 4.78. The number of aromatic amines is 1. The highest BCUT2D eigenvalue weighted by Crippen LogP contribution is 2.33. The number of carbonyl (C=O) groups is 1. The van der Waals surface area contributed by atoms with Crippen LogP contribution in [0.3, 0.4) is 0 Å². The van der Waals surface area contributed by atoms with Crippen molar-refractivity contribution in [2.75, 3.05) is 59.3 Å². The minimum absolute atomic E-state index is 0.105. The van der Waals surface area contributed by atoms with Crippen LogP contribution in [0.1, 0.15) is 37.4 Å². The molecule has 0 aliphatic carbocycles. The van der Waals surface area contributed by atoms with Gasteiger partial charge in [0.05, 0.1) is 39.6 Å². The largest absolute Gasteiger partial charge is 0.737 e. The zero-order valence-corrected chi connectivity index (χ0v) is 23.3. The van der Waals surface area contributed by atoms with Gasteiger partial charge in [0.15, 0.2) is 11.4 Å². The minimum atomic E-state index is -4.12. The number of H-pyrrole nitrogens is 1. The summed E-state index contributed by atoms with van der Waals surface area (Å²) in [6.45, 7) is 5.28. The fourth-order valence-corrected chi connectivity index (χ4v) is 4.78. The molecule has 0 saturated heterocycles. The maximum Gasteiger partial charge on any atom is 0.737 e. The van der Waals surface area contributed by atoms with Crippen LogP contribution < -0.4 is 10.6 Å². The summed E-state index contributed by atoms with van der Waals surface area (Å²) in [7, 11) is 0. The van der Waals surface area contributed by atoms with E-state index in [-0.39, 0.29) is 18.7 Å². The van der Waals surface area contributed by atoms with Gasteiger partial charge in [0, 0.05) is 49.6 Å². The molecule has 2 aromatic heterocycles. The monoisotopic (exact) mass is 559 g/mol. The van der Waals surface area contributed by atoms with E-state index < -0.39 is 6.97 Å². The molecule has 0 unspecified atom stereocenters. The summed E-state index contributed by atoms with van der Waals surface area (Å²) in [5.74, 6) is 0.418. The molecular weight excluding hydrogens is 519 g/mol. The smallest absolute Gasteiger partial charge is 0.394 e. The van der Waals surface area contributed by atoms with Crippen molar-refractivity contribution in [3.8, 4) is 0 Å². The lowest BCUT2D eigenvalue weighted by atomic mass is 9.90. The number of aromatic nitrogens is 2. The van der Waals surface area contributed by atoms with E-state index in [1.54, 1.807) is 48.7 Å². The molecule has 0 radical (unpaired) electrons. The van der Waals surface area contributed by atoms with Gasteiger partial charge in [-0.2, -0.15) is 0 Å². The number of rotatable bonds is 18. The van der Waals surface area contributed by atoms with Crippen molar-refractivity contribution >= 4 is 24.7 Å². The summed E-state index contributed by atoms with van der Waals surface area (Å²) in [6.07, 6.45) is 7.17. The molecule has 1 amide bonds. The average molecular weight is 559 g/mol. The highest BCUT2D eigenvalue weighted by molar-refractivity contribution is 6.58.